The third kappa shape index (κ3) is 6.96. The predicted molar refractivity (Wildman–Crippen MR) is 186 cm³/mol. The molecule has 0 saturated carbocycles. The molecule has 0 unspecified atom stereocenters. The second-order valence-corrected chi connectivity index (χ2v) is 13.9. The highest BCUT2D eigenvalue weighted by atomic mass is 32.2. The summed E-state index contributed by atoms with van der Waals surface area (Å²) in [5, 5.41) is 0. The minimum atomic E-state index is -4.24. The van der Waals surface area contributed by atoms with Crippen molar-refractivity contribution in [3.8, 4) is 16.9 Å². The average molecular weight is 651 g/mol. The molecule has 6 rings (SSSR count). The first-order valence-corrected chi connectivity index (χ1v) is 17.8. The van der Waals surface area contributed by atoms with Crippen LogP contribution in [0.5, 0.6) is 5.75 Å². The normalized spacial score (nSPS) is 13.7. The quantitative estimate of drug-likeness (QED) is 0.165. The van der Waals surface area contributed by atoms with E-state index in [1.807, 2.05) is 43.3 Å². The van der Waals surface area contributed by atoms with E-state index in [0.29, 0.717) is 24.5 Å². The molecule has 0 spiro atoms. The first kappa shape index (κ1) is 32.5. The van der Waals surface area contributed by atoms with Gasteiger partial charge >= 0.3 is 0 Å². The molecule has 8 nitrogen and oxygen atoms in total. The van der Waals surface area contributed by atoms with Gasteiger partial charge in [0, 0.05) is 25.1 Å². The molecule has 1 aliphatic heterocycles. The number of hydrogen-bond acceptors (Lipinski definition) is 6. The molecule has 1 aromatic heterocycles. The van der Waals surface area contributed by atoms with Crippen LogP contribution in [0.25, 0.3) is 22.2 Å². The van der Waals surface area contributed by atoms with Crippen molar-refractivity contribution in [1.82, 2.24) is 19.2 Å². The summed E-state index contributed by atoms with van der Waals surface area (Å²) in [6, 6.07) is 24.4. The maximum atomic E-state index is 13.9. The molecule has 1 fully saturated rings. The summed E-state index contributed by atoms with van der Waals surface area (Å²) in [6.45, 7) is 11.9. The van der Waals surface area contributed by atoms with Crippen LogP contribution in [-0.2, 0) is 29.5 Å². The number of aryl methyl sites for hydroxylation is 3. The van der Waals surface area contributed by atoms with Gasteiger partial charge in [-0.2, -0.15) is 0 Å². The van der Waals surface area contributed by atoms with Crippen LogP contribution in [0, 0.1) is 13.8 Å². The molecule has 0 aliphatic carbocycles. The van der Waals surface area contributed by atoms with Gasteiger partial charge in [-0.25, -0.2) is 18.1 Å². The van der Waals surface area contributed by atoms with Gasteiger partial charge in [0.2, 0.25) is 0 Å². The first-order chi connectivity index (χ1) is 22.7. The summed E-state index contributed by atoms with van der Waals surface area (Å²) < 4.78 is 37.9. The molecule has 1 saturated heterocycles. The molecule has 0 bridgehead atoms. The molecular weight excluding hydrogens is 609 g/mol. The van der Waals surface area contributed by atoms with Gasteiger partial charge in [0.25, 0.3) is 15.9 Å². The Labute approximate surface area is 277 Å². The highest BCUT2D eigenvalue weighted by Crippen LogP contribution is 2.31. The van der Waals surface area contributed by atoms with Crippen molar-refractivity contribution in [1.29, 1.82) is 0 Å². The smallest absolute Gasteiger partial charge is 0.268 e. The van der Waals surface area contributed by atoms with E-state index in [1.165, 1.54) is 24.0 Å². The second kappa shape index (κ2) is 13.7. The Hall–Kier alpha value is -4.47. The van der Waals surface area contributed by atoms with Crippen LogP contribution in [0.2, 0.25) is 0 Å². The van der Waals surface area contributed by atoms with E-state index >= 15 is 0 Å². The Morgan fingerprint density at radius 1 is 0.894 bits per heavy atom. The first-order valence-electron chi connectivity index (χ1n) is 16.4. The summed E-state index contributed by atoms with van der Waals surface area (Å²) in [7, 11) is -4.24. The van der Waals surface area contributed by atoms with Gasteiger partial charge in [0.1, 0.15) is 11.6 Å². The number of fused-ring (bicyclic) bond motifs is 1. The largest absolute Gasteiger partial charge is 0.493 e. The van der Waals surface area contributed by atoms with Crippen LogP contribution >= 0.6 is 0 Å². The van der Waals surface area contributed by atoms with Gasteiger partial charge in [-0.1, -0.05) is 55.5 Å². The number of sulfonamides is 1. The number of nitrogens with one attached hydrogen (secondary N) is 1. The molecule has 0 radical (unpaired) electrons. The number of ether oxygens (including phenoxy) is 1. The second-order valence-electron chi connectivity index (χ2n) is 12.3. The zero-order valence-corrected chi connectivity index (χ0v) is 28.4. The fraction of sp³-hybridized carbons (Fsp3) is 0.316. The van der Waals surface area contributed by atoms with Gasteiger partial charge in [-0.3, -0.25) is 9.69 Å². The predicted octanol–water partition coefficient (Wildman–Crippen LogP) is 7.04. The number of carbonyl (C=O) groups is 1. The standard InChI is InChI=1S/C38H42N4O4S/c1-5-36-39-37-27(4)21-26(3)22-33(37)42(36)25-28-13-16-30(17-14-28)32-23-29(24-41-19-9-10-20-41)15-18-35(32)47(44,45)40-38(43)31-11-7-8-12-34(31)46-6-2/h7-8,11-18,21-23H,5-6,9-10,19-20,24-25H2,1-4H3,(H,40,43). The van der Waals surface area contributed by atoms with Crippen molar-refractivity contribution < 1.29 is 17.9 Å². The average Bonchev–Trinajstić information content (AvgIpc) is 3.69. The van der Waals surface area contributed by atoms with E-state index in [-0.39, 0.29) is 10.5 Å². The number of aromatic nitrogens is 2. The monoisotopic (exact) mass is 650 g/mol. The zero-order valence-electron chi connectivity index (χ0n) is 27.5. The minimum absolute atomic E-state index is 0.0532. The van der Waals surface area contributed by atoms with Crippen molar-refractivity contribution >= 4 is 27.0 Å². The number of hydrogen-bond donors (Lipinski definition) is 1. The van der Waals surface area contributed by atoms with Crippen LogP contribution in [0.1, 0.15) is 65.1 Å². The van der Waals surface area contributed by atoms with Crippen molar-refractivity contribution in [2.24, 2.45) is 0 Å². The van der Waals surface area contributed by atoms with Gasteiger partial charge < -0.3 is 9.30 Å². The van der Waals surface area contributed by atoms with E-state index in [0.717, 1.165) is 59.6 Å². The number of imidazole rings is 1. The number of rotatable bonds is 11. The lowest BCUT2D eigenvalue weighted by molar-refractivity contribution is 0.0977. The van der Waals surface area contributed by atoms with Gasteiger partial charge in [0.15, 0.2) is 0 Å². The maximum absolute atomic E-state index is 13.9. The van der Waals surface area contributed by atoms with Crippen molar-refractivity contribution in [3.05, 3.63) is 113 Å². The van der Waals surface area contributed by atoms with E-state index in [9.17, 15) is 13.2 Å². The maximum Gasteiger partial charge on any atom is 0.268 e. The number of para-hydroxylation sites is 1. The molecule has 1 amide bonds. The lowest BCUT2D eigenvalue weighted by Crippen LogP contribution is -2.31. The van der Waals surface area contributed by atoms with Crippen LogP contribution < -0.4 is 9.46 Å². The fourth-order valence-electron chi connectivity index (χ4n) is 6.54. The Balaban J connectivity index is 1.34. The minimum Gasteiger partial charge on any atom is -0.493 e. The Morgan fingerprint density at radius 2 is 1.62 bits per heavy atom. The highest BCUT2D eigenvalue weighted by Gasteiger charge is 2.25. The van der Waals surface area contributed by atoms with Crippen LogP contribution in [0.15, 0.2) is 83.8 Å². The number of nitrogens with zero attached hydrogens (tertiary/aromatic N) is 3. The molecule has 1 N–H and O–H groups in total. The number of carbonyl (C=O) groups excluding carboxylic acids is 1. The molecule has 9 heteroatoms. The Morgan fingerprint density at radius 3 is 2.34 bits per heavy atom. The van der Waals surface area contributed by atoms with Gasteiger partial charge in [0.05, 0.1) is 28.1 Å². The zero-order chi connectivity index (χ0) is 33.1. The molecule has 5 aromatic rings. The Kier molecular flexibility index (Phi) is 9.47. The molecule has 0 atom stereocenters. The SMILES string of the molecule is CCOc1ccccc1C(=O)NS(=O)(=O)c1ccc(CN2CCCC2)cc1-c1ccc(Cn2c(CC)nc3c(C)cc(C)cc32)cc1. The number of likely N-dealkylation sites (tertiary alicyclic amines) is 1. The molecule has 47 heavy (non-hydrogen) atoms. The lowest BCUT2D eigenvalue weighted by atomic mass is 10.0. The Bertz CT molecular complexity index is 2030. The van der Waals surface area contributed by atoms with E-state index in [1.54, 1.807) is 30.3 Å². The van der Waals surface area contributed by atoms with Crippen LogP contribution in [0.4, 0.5) is 0 Å². The van der Waals surface area contributed by atoms with E-state index in [2.05, 4.69) is 47.1 Å². The molecule has 1 aliphatic rings. The number of amides is 1. The van der Waals surface area contributed by atoms with Crippen molar-refractivity contribution in [2.45, 2.75) is 64.9 Å². The third-order valence-corrected chi connectivity index (χ3v) is 10.2. The highest BCUT2D eigenvalue weighted by molar-refractivity contribution is 7.90. The third-order valence-electron chi connectivity index (χ3n) is 8.79. The fourth-order valence-corrected chi connectivity index (χ4v) is 7.72. The topological polar surface area (TPSA) is 93.5 Å². The molecule has 4 aromatic carbocycles. The van der Waals surface area contributed by atoms with Gasteiger partial charge in [-0.05, 0) is 105 Å². The van der Waals surface area contributed by atoms with Crippen molar-refractivity contribution in [3.63, 3.8) is 0 Å². The van der Waals surface area contributed by atoms with E-state index < -0.39 is 15.9 Å². The summed E-state index contributed by atoms with van der Waals surface area (Å²) in [4.78, 5) is 20.6. The summed E-state index contributed by atoms with van der Waals surface area (Å²) in [5.74, 6) is 0.630. The van der Waals surface area contributed by atoms with Crippen LogP contribution in [-0.4, -0.2) is 48.5 Å². The summed E-state index contributed by atoms with van der Waals surface area (Å²) in [6.07, 6.45) is 3.15. The van der Waals surface area contributed by atoms with E-state index in [4.69, 9.17) is 9.72 Å². The number of benzene rings is 4. The van der Waals surface area contributed by atoms with Gasteiger partial charge in [-0.15, -0.1) is 0 Å². The lowest BCUT2D eigenvalue weighted by Gasteiger charge is -2.18. The molecule has 2 heterocycles. The summed E-state index contributed by atoms with van der Waals surface area (Å²) >= 11 is 0. The molecule has 244 valence electrons. The summed E-state index contributed by atoms with van der Waals surface area (Å²) in [5.41, 5.74) is 8.11. The van der Waals surface area contributed by atoms with Crippen LogP contribution in [0.3, 0.4) is 0 Å². The molecular formula is C38H42N4O4S. The van der Waals surface area contributed by atoms with Crippen molar-refractivity contribution in [2.75, 3.05) is 19.7 Å².